The maximum absolute atomic E-state index is 6.00. The first-order chi connectivity index (χ1) is 8.50. The molecule has 98 valence electrons. The molecule has 1 aliphatic carbocycles. The Hall–Kier alpha value is -0.800. The lowest BCUT2D eigenvalue weighted by molar-refractivity contribution is 0.349. The van der Waals surface area contributed by atoms with Gasteiger partial charge in [-0.2, -0.15) is 0 Å². The fourth-order valence-corrected chi connectivity index (χ4v) is 2.95. The average molecular weight is 283 g/mol. The smallest absolute Gasteiger partial charge is 0.106 e. The van der Waals surface area contributed by atoms with Crippen LogP contribution in [0.5, 0.6) is 0 Å². The number of rotatable bonds is 3. The summed E-state index contributed by atoms with van der Waals surface area (Å²) in [7, 11) is 0. The van der Waals surface area contributed by atoms with Gasteiger partial charge in [-0.05, 0) is 38.0 Å². The Morgan fingerprint density at radius 3 is 2.61 bits per heavy atom. The van der Waals surface area contributed by atoms with E-state index in [0.29, 0.717) is 10.0 Å². The predicted octanol–water partition coefficient (Wildman–Crippen LogP) is 4.11. The minimum Gasteiger partial charge on any atom is -0.389 e. The second-order valence-electron chi connectivity index (χ2n) is 5.30. The monoisotopic (exact) mass is 282 g/mol. The van der Waals surface area contributed by atoms with E-state index < -0.39 is 0 Å². The number of hydrogen-bond acceptors (Lipinski definition) is 2. The van der Waals surface area contributed by atoms with Crippen LogP contribution in [0.3, 0.4) is 0 Å². The van der Waals surface area contributed by atoms with Crippen LogP contribution in [-0.4, -0.2) is 10.5 Å². The Kier molecular flexibility index (Phi) is 4.13. The molecule has 1 aliphatic rings. The zero-order valence-corrected chi connectivity index (χ0v) is 12.2. The minimum absolute atomic E-state index is 0.144. The van der Waals surface area contributed by atoms with E-state index in [0.717, 1.165) is 11.3 Å². The molecule has 18 heavy (non-hydrogen) atoms. The molecule has 2 rings (SSSR count). The van der Waals surface area contributed by atoms with Crippen molar-refractivity contribution in [3.05, 3.63) is 28.8 Å². The summed E-state index contributed by atoms with van der Waals surface area (Å²) in [6, 6.07) is 5.67. The third-order valence-corrected chi connectivity index (χ3v) is 4.10. The molecule has 0 heterocycles. The number of halogens is 1. The van der Waals surface area contributed by atoms with Gasteiger partial charge in [-0.3, -0.25) is 0 Å². The number of anilines is 1. The molecule has 0 amide bonds. The number of nitrogens with one attached hydrogen (secondary N) is 1. The quantitative estimate of drug-likeness (QED) is 0.820. The van der Waals surface area contributed by atoms with Crippen LogP contribution in [0, 0.1) is 0 Å². The molecule has 0 atom stereocenters. The Morgan fingerprint density at radius 1 is 1.33 bits per heavy atom. The van der Waals surface area contributed by atoms with Gasteiger partial charge in [0.15, 0.2) is 0 Å². The first-order valence-corrected chi connectivity index (χ1v) is 7.16. The van der Waals surface area contributed by atoms with Crippen molar-refractivity contribution in [1.29, 1.82) is 0 Å². The summed E-state index contributed by atoms with van der Waals surface area (Å²) >= 11 is 11.1. The van der Waals surface area contributed by atoms with Crippen LogP contribution in [-0.2, 0) is 0 Å². The maximum Gasteiger partial charge on any atom is 0.106 e. The number of benzene rings is 1. The van der Waals surface area contributed by atoms with E-state index >= 15 is 0 Å². The lowest BCUT2D eigenvalue weighted by Gasteiger charge is -2.36. The van der Waals surface area contributed by atoms with Gasteiger partial charge in [-0.25, -0.2) is 0 Å². The molecule has 2 nitrogen and oxygen atoms in total. The van der Waals surface area contributed by atoms with E-state index in [-0.39, 0.29) is 5.54 Å². The van der Waals surface area contributed by atoms with Crippen molar-refractivity contribution in [3.8, 4) is 0 Å². The Labute approximate surface area is 119 Å². The molecular formula is C14H19ClN2S. The summed E-state index contributed by atoms with van der Waals surface area (Å²) in [5.41, 5.74) is 7.74. The molecule has 1 aromatic carbocycles. The van der Waals surface area contributed by atoms with Crippen molar-refractivity contribution >= 4 is 34.5 Å². The van der Waals surface area contributed by atoms with Crippen LogP contribution < -0.4 is 11.1 Å². The normalized spacial score (nSPS) is 18.3. The molecule has 0 saturated heterocycles. The third kappa shape index (κ3) is 3.15. The van der Waals surface area contributed by atoms with Crippen molar-refractivity contribution in [3.63, 3.8) is 0 Å². The van der Waals surface area contributed by atoms with Gasteiger partial charge >= 0.3 is 0 Å². The van der Waals surface area contributed by atoms with Gasteiger partial charge < -0.3 is 11.1 Å². The van der Waals surface area contributed by atoms with Crippen molar-refractivity contribution in [2.45, 2.75) is 44.6 Å². The summed E-state index contributed by atoms with van der Waals surface area (Å²) in [6.45, 7) is 2.27. The molecule has 1 fully saturated rings. The lowest BCUT2D eigenvalue weighted by atomic mass is 9.83. The second-order valence-corrected chi connectivity index (χ2v) is 6.18. The van der Waals surface area contributed by atoms with Gasteiger partial charge in [0.1, 0.15) is 4.99 Å². The van der Waals surface area contributed by atoms with Gasteiger partial charge in [0.2, 0.25) is 0 Å². The molecule has 0 spiro atoms. The number of thiocarbonyl (C=S) groups is 1. The van der Waals surface area contributed by atoms with Gasteiger partial charge in [-0.1, -0.05) is 43.1 Å². The fourth-order valence-electron chi connectivity index (χ4n) is 2.61. The largest absolute Gasteiger partial charge is 0.389 e. The predicted molar refractivity (Wildman–Crippen MR) is 82.5 cm³/mol. The number of hydrogen-bond donors (Lipinski definition) is 2. The summed E-state index contributed by atoms with van der Waals surface area (Å²) in [5, 5.41) is 4.27. The summed E-state index contributed by atoms with van der Waals surface area (Å²) < 4.78 is 0. The average Bonchev–Trinajstić information content (AvgIpc) is 2.32. The minimum atomic E-state index is 0.144. The van der Waals surface area contributed by atoms with E-state index in [2.05, 4.69) is 12.2 Å². The van der Waals surface area contributed by atoms with Crippen molar-refractivity contribution in [2.75, 3.05) is 5.32 Å². The highest BCUT2D eigenvalue weighted by Gasteiger charge is 2.27. The molecule has 1 aromatic rings. The fraction of sp³-hybridized carbons (Fsp3) is 0.500. The summed E-state index contributed by atoms with van der Waals surface area (Å²) in [4.78, 5) is 0.388. The maximum atomic E-state index is 6.00. The lowest BCUT2D eigenvalue weighted by Crippen LogP contribution is -2.37. The Bertz CT molecular complexity index is 453. The molecule has 0 radical (unpaired) electrons. The Balaban J connectivity index is 2.25. The first kappa shape index (κ1) is 13.6. The molecule has 3 N–H and O–H groups in total. The molecule has 0 aromatic heterocycles. The SMILES string of the molecule is CC1(Nc2ccc(Cl)cc2C(N)=S)CCCCC1. The second kappa shape index (κ2) is 5.45. The Morgan fingerprint density at radius 2 is 2.00 bits per heavy atom. The van der Waals surface area contributed by atoms with E-state index in [1.54, 1.807) is 0 Å². The first-order valence-electron chi connectivity index (χ1n) is 6.38. The highest BCUT2D eigenvalue weighted by atomic mass is 35.5. The molecule has 1 saturated carbocycles. The van der Waals surface area contributed by atoms with Crippen molar-refractivity contribution in [1.82, 2.24) is 0 Å². The third-order valence-electron chi connectivity index (χ3n) is 3.64. The van der Waals surface area contributed by atoms with E-state index in [1.165, 1.54) is 32.1 Å². The van der Waals surface area contributed by atoms with Crippen LogP contribution >= 0.6 is 23.8 Å². The molecule has 0 bridgehead atoms. The van der Waals surface area contributed by atoms with E-state index in [9.17, 15) is 0 Å². The van der Waals surface area contributed by atoms with Gasteiger partial charge in [0.05, 0.1) is 0 Å². The van der Waals surface area contributed by atoms with E-state index in [1.807, 2.05) is 18.2 Å². The van der Waals surface area contributed by atoms with Crippen LogP contribution in [0.4, 0.5) is 5.69 Å². The molecule has 0 unspecified atom stereocenters. The van der Waals surface area contributed by atoms with Crippen molar-refractivity contribution in [2.24, 2.45) is 5.73 Å². The standard InChI is InChI=1S/C14H19ClN2S/c1-14(7-3-2-4-8-14)17-12-6-5-10(15)9-11(12)13(16)18/h5-6,9,17H,2-4,7-8H2,1H3,(H2,16,18). The summed E-state index contributed by atoms with van der Waals surface area (Å²) in [6.07, 6.45) is 6.26. The van der Waals surface area contributed by atoms with E-state index in [4.69, 9.17) is 29.6 Å². The number of nitrogens with two attached hydrogens (primary N) is 1. The topological polar surface area (TPSA) is 38.0 Å². The van der Waals surface area contributed by atoms with Gasteiger partial charge in [-0.15, -0.1) is 0 Å². The van der Waals surface area contributed by atoms with Crippen LogP contribution in [0.15, 0.2) is 18.2 Å². The van der Waals surface area contributed by atoms with Crippen LogP contribution in [0.25, 0.3) is 0 Å². The zero-order valence-electron chi connectivity index (χ0n) is 10.6. The molecule has 0 aliphatic heterocycles. The van der Waals surface area contributed by atoms with Crippen molar-refractivity contribution < 1.29 is 0 Å². The summed E-state index contributed by atoms with van der Waals surface area (Å²) in [5.74, 6) is 0. The molecule has 4 heteroatoms. The zero-order chi connectivity index (χ0) is 13.2. The van der Waals surface area contributed by atoms with Crippen LogP contribution in [0.2, 0.25) is 5.02 Å². The highest BCUT2D eigenvalue weighted by Crippen LogP contribution is 2.33. The van der Waals surface area contributed by atoms with Gasteiger partial charge in [0.25, 0.3) is 0 Å². The van der Waals surface area contributed by atoms with Crippen LogP contribution in [0.1, 0.15) is 44.6 Å². The van der Waals surface area contributed by atoms with Gasteiger partial charge in [0, 0.05) is 21.8 Å². The highest BCUT2D eigenvalue weighted by molar-refractivity contribution is 7.80. The molecular weight excluding hydrogens is 264 g/mol.